The van der Waals surface area contributed by atoms with Gasteiger partial charge in [-0.3, -0.25) is 0 Å². The van der Waals surface area contributed by atoms with Crippen LogP contribution < -0.4 is 5.73 Å². The summed E-state index contributed by atoms with van der Waals surface area (Å²) in [5.74, 6) is 1.42. The van der Waals surface area contributed by atoms with E-state index in [9.17, 15) is 0 Å². The van der Waals surface area contributed by atoms with Gasteiger partial charge in [0.25, 0.3) is 0 Å². The number of likely N-dealkylation sites (tertiary alicyclic amines) is 1. The molecule has 0 saturated carbocycles. The van der Waals surface area contributed by atoms with E-state index < -0.39 is 0 Å². The number of guanidine groups is 1. The predicted octanol–water partition coefficient (Wildman–Crippen LogP) is 1.45. The third-order valence-corrected chi connectivity index (χ3v) is 2.13. The van der Waals surface area contributed by atoms with E-state index in [1.54, 1.807) is 6.08 Å². The van der Waals surface area contributed by atoms with Crippen molar-refractivity contribution in [1.82, 2.24) is 4.90 Å². The van der Waals surface area contributed by atoms with Gasteiger partial charge < -0.3 is 10.6 Å². The molecule has 3 nitrogen and oxygen atoms in total. The zero-order valence-electron chi connectivity index (χ0n) is 8.07. The molecule has 1 unspecified atom stereocenters. The van der Waals surface area contributed by atoms with Gasteiger partial charge in [0.1, 0.15) is 0 Å². The van der Waals surface area contributed by atoms with Crippen LogP contribution in [-0.4, -0.2) is 30.5 Å². The Morgan fingerprint density at radius 2 is 2.46 bits per heavy atom. The van der Waals surface area contributed by atoms with Gasteiger partial charge in [0.15, 0.2) is 5.96 Å². The minimum absolute atomic E-state index is 0. The van der Waals surface area contributed by atoms with Crippen molar-refractivity contribution >= 4 is 29.9 Å². The summed E-state index contributed by atoms with van der Waals surface area (Å²) in [5.41, 5.74) is 5.76. The SMILES string of the molecule is C=CCN=C(N)N1CCC(C)C1.I. The maximum Gasteiger partial charge on any atom is 0.191 e. The first-order valence-corrected chi connectivity index (χ1v) is 4.39. The lowest BCUT2D eigenvalue weighted by Gasteiger charge is -2.15. The van der Waals surface area contributed by atoms with Crippen LogP contribution in [0, 0.1) is 5.92 Å². The molecule has 0 aromatic carbocycles. The van der Waals surface area contributed by atoms with Gasteiger partial charge in [-0.2, -0.15) is 0 Å². The highest BCUT2D eigenvalue weighted by atomic mass is 127. The standard InChI is InChI=1S/C9H17N3.HI/c1-3-5-11-9(10)12-6-4-8(2)7-12;/h3,8H,1,4-7H2,2H3,(H2,10,11);1H. The summed E-state index contributed by atoms with van der Waals surface area (Å²) in [5, 5.41) is 0. The van der Waals surface area contributed by atoms with E-state index >= 15 is 0 Å². The molecule has 1 saturated heterocycles. The van der Waals surface area contributed by atoms with E-state index in [1.165, 1.54) is 6.42 Å². The van der Waals surface area contributed by atoms with Crippen LogP contribution >= 0.6 is 24.0 Å². The summed E-state index contributed by atoms with van der Waals surface area (Å²) in [6.07, 6.45) is 2.98. The van der Waals surface area contributed by atoms with E-state index in [4.69, 9.17) is 5.73 Å². The fourth-order valence-electron chi connectivity index (χ4n) is 1.40. The summed E-state index contributed by atoms with van der Waals surface area (Å²) in [6.45, 7) is 8.55. The normalized spacial score (nSPS) is 22.7. The minimum Gasteiger partial charge on any atom is -0.370 e. The highest BCUT2D eigenvalue weighted by molar-refractivity contribution is 14.0. The number of rotatable bonds is 2. The Morgan fingerprint density at radius 3 is 2.92 bits per heavy atom. The van der Waals surface area contributed by atoms with Gasteiger partial charge in [0.05, 0.1) is 6.54 Å². The van der Waals surface area contributed by atoms with Crippen LogP contribution in [0.4, 0.5) is 0 Å². The van der Waals surface area contributed by atoms with E-state index in [0.717, 1.165) is 19.0 Å². The molecular weight excluding hydrogens is 277 g/mol. The Kier molecular flexibility index (Phi) is 6.11. The van der Waals surface area contributed by atoms with E-state index in [1.807, 2.05) is 0 Å². The molecule has 0 aromatic heterocycles. The van der Waals surface area contributed by atoms with Crippen molar-refractivity contribution in [1.29, 1.82) is 0 Å². The van der Waals surface area contributed by atoms with Crippen LogP contribution in [0.1, 0.15) is 13.3 Å². The molecule has 0 radical (unpaired) electrons. The molecule has 1 fully saturated rings. The van der Waals surface area contributed by atoms with Gasteiger partial charge in [-0.25, -0.2) is 4.99 Å². The number of nitrogens with zero attached hydrogens (tertiary/aromatic N) is 2. The van der Waals surface area contributed by atoms with Crippen LogP contribution in [0.25, 0.3) is 0 Å². The van der Waals surface area contributed by atoms with E-state index in [-0.39, 0.29) is 24.0 Å². The second kappa shape index (κ2) is 6.23. The lowest BCUT2D eigenvalue weighted by Crippen LogP contribution is -2.35. The average molecular weight is 295 g/mol. The zero-order chi connectivity index (χ0) is 8.97. The maximum absolute atomic E-state index is 5.76. The molecule has 4 heteroatoms. The van der Waals surface area contributed by atoms with Crippen molar-refractivity contribution in [2.24, 2.45) is 16.6 Å². The van der Waals surface area contributed by atoms with Crippen molar-refractivity contribution in [3.63, 3.8) is 0 Å². The first kappa shape index (κ1) is 12.7. The molecule has 0 spiro atoms. The van der Waals surface area contributed by atoms with Crippen LogP contribution in [0.15, 0.2) is 17.6 Å². The Bertz CT molecular complexity index is 191. The van der Waals surface area contributed by atoms with Crippen LogP contribution in [0.5, 0.6) is 0 Å². The van der Waals surface area contributed by atoms with E-state index in [2.05, 4.69) is 23.4 Å². The molecule has 1 rings (SSSR count). The first-order valence-electron chi connectivity index (χ1n) is 4.39. The van der Waals surface area contributed by atoms with Gasteiger partial charge >= 0.3 is 0 Å². The first-order chi connectivity index (χ1) is 5.74. The average Bonchev–Trinajstić information content (AvgIpc) is 2.47. The number of hydrogen-bond acceptors (Lipinski definition) is 1. The lowest BCUT2D eigenvalue weighted by molar-refractivity contribution is 0.487. The van der Waals surface area contributed by atoms with E-state index in [0.29, 0.717) is 12.5 Å². The van der Waals surface area contributed by atoms with Crippen molar-refractivity contribution in [2.75, 3.05) is 19.6 Å². The van der Waals surface area contributed by atoms with Crippen LogP contribution in [0.2, 0.25) is 0 Å². The maximum atomic E-state index is 5.76. The van der Waals surface area contributed by atoms with Gasteiger partial charge in [-0.1, -0.05) is 13.0 Å². The fourth-order valence-corrected chi connectivity index (χ4v) is 1.40. The molecule has 13 heavy (non-hydrogen) atoms. The van der Waals surface area contributed by atoms with Crippen molar-refractivity contribution < 1.29 is 0 Å². The predicted molar refractivity (Wildman–Crippen MR) is 67.5 cm³/mol. The third kappa shape index (κ3) is 3.97. The Balaban J connectivity index is 0.00000144. The molecule has 0 aliphatic carbocycles. The third-order valence-electron chi connectivity index (χ3n) is 2.13. The fraction of sp³-hybridized carbons (Fsp3) is 0.667. The molecule has 0 bridgehead atoms. The molecular formula is C9H18IN3. The molecule has 1 heterocycles. The van der Waals surface area contributed by atoms with Gasteiger partial charge in [-0.15, -0.1) is 30.6 Å². The van der Waals surface area contributed by atoms with Gasteiger partial charge in [0.2, 0.25) is 0 Å². The molecule has 0 aromatic rings. The number of halogens is 1. The second-order valence-corrected chi connectivity index (χ2v) is 3.33. The molecule has 1 aliphatic heterocycles. The molecule has 1 atom stereocenters. The minimum atomic E-state index is 0. The zero-order valence-corrected chi connectivity index (χ0v) is 10.4. The van der Waals surface area contributed by atoms with Crippen molar-refractivity contribution in [3.8, 4) is 0 Å². The summed E-state index contributed by atoms with van der Waals surface area (Å²) in [4.78, 5) is 6.29. The summed E-state index contributed by atoms with van der Waals surface area (Å²) in [6, 6.07) is 0. The number of hydrogen-bond donors (Lipinski definition) is 1. The highest BCUT2D eigenvalue weighted by Crippen LogP contribution is 2.13. The molecule has 2 N–H and O–H groups in total. The number of aliphatic imine (C=N–C) groups is 1. The Labute approximate surface area is 97.1 Å². The van der Waals surface area contributed by atoms with Gasteiger partial charge in [-0.05, 0) is 12.3 Å². The highest BCUT2D eigenvalue weighted by Gasteiger charge is 2.19. The Morgan fingerprint density at radius 1 is 1.77 bits per heavy atom. The topological polar surface area (TPSA) is 41.6 Å². The summed E-state index contributed by atoms with van der Waals surface area (Å²) >= 11 is 0. The lowest BCUT2D eigenvalue weighted by atomic mass is 10.2. The van der Waals surface area contributed by atoms with Gasteiger partial charge in [0, 0.05) is 13.1 Å². The monoisotopic (exact) mass is 295 g/mol. The van der Waals surface area contributed by atoms with Crippen molar-refractivity contribution in [2.45, 2.75) is 13.3 Å². The summed E-state index contributed by atoms with van der Waals surface area (Å²) in [7, 11) is 0. The molecule has 0 amide bonds. The molecule has 76 valence electrons. The second-order valence-electron chi connectivity index (χ2n) is 3.33. The van der Waals surface area contributed by atoms with Crippen LogP contribution in [-0.2, 0) is 0 Å². The molecule has 1 aliphatic rings. The smallest absolute Gasteiger partial charge is 0.191 e. The van der Waals surface area contributed by atoms with Crippen molar-refractivity contribution in [3.05, 3.63) is 12.7 Å². The van der Waals surface area contributed by atoms with Crippen LogP contribution in [0.3, 0.4) is 0 Å². The largest absolute Gasteiger partial charge is 0.370 e. The number of nitrogens with two attached hydrogens (primary N) is 1. The Hall–Kier alpha value is -0.260. The quantitative estimate of drug-likeness (QED) is 0.362. The summed E-state index contributed by atoms with van der Waals surface area (Å²) < 4.78 is 0.